The molecule has 6 heteroatoms. The van der Waals surface area contributed by atoms with Crippen LogP contribution in [0.3, 0.4) is 0 Å². The minimum atomic E-state index is -0.465. The highest BCUT2D eigenvalue weighted by Gasteiger charge is 2.28. The first-order valence-corrected chi connectivity index (χ1v) is 6.92. The molecule has 1 aromatic carbocycles. The Morgan fingerprint density at radius 1 is 1.55 bits per heavy atom. The molecular weight excluding hydrogens is 280 g/mol. The quantitative estimate of drug-likeness (QED) is 0.644. The fourth-order valence-corrected chi connectivity index (χ4v) is 2.89. The number of anilines is 2. The minimum absolute atomic E-state index is 0.114. The van der Waals surface area contributed by atoms with Gasteiger partial charge in [-0.05, 0) is 24.5 Å². The van der Waals surface area contributed by atoms with Crippen LogP contribution >= 0.6 is 11.6 Å². The van der Waals surface area contributed by atoms with Crippen molar-refractivity contribution >= 4 is 28.9 Å². The molecule has 0 aromatic heterocycles. The summed E-state index contributed by atoms with van der Waals surface area (Å²) in [6.45, 7) is 3.24. The lowest BCUT2D eigenvalue weighted by molar-refractivity contribution is 0.0601. The van der Waals surface area contributed by atoms with Crippen molar-refractivity contribution in [2.75, 3.05) is 30.8 Å². The first-order valence-electron chi connectivity index (χ1n) is 6.54. The van der Waals surface area contributed by atoms with E-state index in [1.807, 2.05) is 11.8 Å². The molecule has 1 fully saturated rings. The maximum absolute atomic E-state index is 11.9. The smallest absolute Gasteiger partial charge is 0.340 e. The number of aliphatic hydroxyl groups is 1. The number of halogens is 1. The lowest BCUT2D eigenvalue weighted by Gasteiger charge is -2.37. The molecule has 110 valence electrons. The van der Waals surface area contributed by atoms with Crippen molar-refractivity contribution in [2.45, 2.75) is 19.4 Å². The van der Waals surface area contributed by atoms with E-state index in [0.717, 1.165) is 0 Å². The average molecular weight is 299 g/mol. The second-order valence-electron chi connectivity index (χ2n) is 5.17. The zero-order valence-electron chi connectivity index (χ0n) is 11.6. The van der Waals surface area contributed by atoms with Crippen molar-refractivity contribution < 1.29 is 14.6 Å². The third-order valence-corrected chi connectivity index (χ3v) is 3.96. The van der Waals surface area contributed by atoms with Crippen LogP contribution in [0.2, 0.25) is 5.02 Å². The number of hydrogen-bond acceptors (Lipinski definition) is 5. The molecule has 3 N–H and O–H groups in total. The molecule has 0 aliphatic carbocycles. The Balaban J connectivity index is 2.42. The highest BCUT2D eigenvalue weighted by atomic mass is 35.5. The first-order chi connectivity index (χ1) is 9.43. The number of nitrogens with zero attached hydrogens (tertiary/aromatic N) is 1. The third-order valence-electron chi connectivity index (χ3n) is 3.67. The number of piperidine rings is 1. The largest absolute Gasteiger partial charge is 0.465 e. The van der Waals surface area contributed by atoms with E-state index in [-0.39, 0.29) is 12.0 Å². The highest BCUT2D eigenvalue weighted by Crippen LogP contribution is 2.35. The van der Waals surface area contributed by atoms with Gasteiger partial charge in [-0.1, -0.05) is 18.5 Å². The predicted molar refractivity (Wildman–Crippen MR) is 79.2 cm³/mol. The lowest BCUT2D eigenvalue weighted by atomic mass is 9.95. The van der Waals surface area contributed by atoms with E-state index in [9.17, 15) is 9.90 Å². The van der Waals surface area contributed by atoms with Crippen LogP contribution < -0.4 is 10.6 Å². The van der Waals surface area contributed by atoms with Crippen LogP contribution in [0.25, 0.3) is 0 Å². The summed E-state index contributed by atoms with van der Waals surface area (Å²) in [5.41, 5.74) is 7.16. The van der Waals surface area contributed by atoms with Crippen LogP contribution in [0, 0.1) is 5.92 Å². The molecule has 2 rings (SSSR count). The average Bonchev–Trinajstić information content (AvgIpc) is 2.40. The number of methoxy groups -OCH3 is 1. The normalized spacial score (nSPS) is 22.7. The number of ether oxygens (including phenoxy) is 1. The Bertz CT molecular complexity index is 521. The molecule has 1 heterocycles. The van der Waals surface area contributed by atoms with Crippen LogP contribution in [-0.2, 0) is 4.74 Å². The number of hydrogen-bond donors (Lipinski definition) is 2. The van der Waals surface area contributed by atoms with Crippen molar-refractivity contribution in [1.29, 1.82) is 0 Å². The van der Waals surface area contributed by atoms with Crippen LogP contribution in [0.1, 0.15) is 23.7 Å². The summed E-state index contributed by atoms with van der Waals surface area (Å²) in [4.78, 5) is 13.9. The Morgan fingerprint density at radius 3 is 2.85 bits per heavy atom. The number of esters is 1. The number of carbonyl (C=O) groups is 1. The van der Waals surface area contributed by atoms with Gasteiger partial charge in [0, 0.05) is 18.8 Å². The number of carbonyl (C=O) groups excluding carboxylic acids is 1. The molecule has 0 saturated carbocycles. The number of nitrogen functional groups attached to an aromatic ring is 1. The van der Waals surface area contributed by atoms with Crippen LogP contribution in [0.4, 0.5) is 11.4 Å². The van der Waals surface area contributed by atoms with Gasteiger partial charge >= 0.3 is 5.97 Å². The molecule has 0 radical (unpaired) electrons. The first kappa shape index (κ1) is 14.9. The third kappa shape index (κ3) is 2.83. The Kier molecular flexibility index (Phi) is 4.40. The van der Waals surface area contributed by atoms with E-state index in [2.05, 4.69) is 0 Å². The highest BCUT2D eigenvalue weighted by molar-refractivity contribution is 6.34. The topological polar surface area (TPSA) is 75.8 Å². The maximum atomic E-state index is 11.9. The summed E-state index contributed by atoms with van der Waals surface area (Å²) in [5, 5.41) is 10.2. The number of benzene rings is 1. The fraction of sp³-hybridized carbons (Fsp3) is 0.500. The molecule has 2 atom stereocenters. The number of nitrogens with two attached hydrogens (primary N) is 1. The standard InChI is InChI=1S/C14H19ClN2O3/c1-8-7-17(4-3-12(8)18)13-10(14(19)20-2)5-9(16)6-11(13)15/h5-6,8,12,18H,3-4,7,16H2,1-2H3. The zero-order valence-corrected chi connectivity index (χ0v) is 12.4. The molecule has 20 heavy (non-hydrogen) atoms. The monoisotopic (exact) mass is 298 g/mol. The second kappa shape index (κ2) is 5.89. The summed E-state index contributed by atoms with van der Waals surface area (Å²) in [7, 11) is 1.33. The fourth-order valence-electron chi connectivity index (χ4n) is 2.54. The van der Waals surface area contributed by atoms with Gasteiger partial charge in [0.25, 0.3) is 0 Å². The number of rotatable bonds is 2. The molecule has 1 aromatic rings. The van der Waals surface area contributed by atoms with Crippen molar-refractivity contribution in [2.24, 2.45) is 5.92 Å². The molecular formula is C14H19ClN2O3. The van der Waals surface area contributed by atoms with Crippen molar-refractivity contribution in [3.8, 4) is 0 Å². The van der Waals surface area contributed by atoms with Gasteiger partial charge in [-0.2, -0.15) is 0 Å². The molecule has 1 saturated heterocycles. The van der Waals surface area contributed by atoms with Crippen molar-refractivity contribution in [1.82, 2.24) is 0 Å². The minimum Gasteiger partial charge on any atom is -0.465 e. The summed E-state index contributed by atoms with van der Waals surface area (Å²) < 4.78 is 4.80. The molecule has 1 aliphatic rings. The van der Waals surface area contributed by atoms with Gasteiger partial charge in [0.15, 0.2) is 0 Å². The van der Waals surface area contributed by atoms with E-state index >= 15 is 0 Å². The molecule has 0 spiro atoms. The van der Waals surface area contributed by atoms with E-state index in [0.29, 0.717) is 41.5 Å². The number of aliphatic hydroxyl groups excluding tert-OH is 1. The van der Waals surface area contributed by atoms with Gasteiger partial charge in [0.2, 0.25) is 0 Å². The van der Waals surface area contributed by atoms with E-state index in [4.69, 9.17) is 22.1 Å². The Labute approximate surface area is 123 Å². The van der Waals surface area contributed by atoms with E-state index in [1.54, 1.807) is 12.1 Å². The van der Waals surface area contributed by atoms with Gasteiger partial charge < -0.3 is 20.5 Å². The molecule has 2 unspecified atom stereocenters. The van der Waals surface area contributed by atoms with Gasteiger partial charge in [-0.25, -0.2) is 4.79 Å². The summed E-state index contributed by atoms with van der Waals surface area (Å²) in [6, 6.07) is 3.20. The van der Waals surface area contributed by atoms with Gasteiger partial charge in [-0.3, -0.25) is 0 Å². The van der Waals surface area contributed by atoms with E-state index < -0.39 is 5.97 Å². The van der Waals surface area contributed by atoms with Crippen LogP contribution in [0.5, 0.6) is 0 Å². The molecule has 0 bridgehead atoms. The SMILES string of the molecule is COC(=O)c1cc(N)cc(Cl)c1N1CCC(O)C(C)C1. The summed E-state index contributed by atoms with van der Waals surface area (Å²) >= 11 is 6.26. The van der Waals surface area contributed by atoms with Crippen molar-refractivity contribution in [3.63, 3.8) is 0 Å². The molecule has 5 nitrogen and oxygen atoms in total. The van der Waals surface area contributed by atoms with Gasteiger partial charge in [-0.15, -0.1) is 0 Å². The Hall–Kier alpha value is -1.46. The summed E-state index contributed by atoms with van der Waals surface area (Å²) in [6.07, 6.45) is 0.322. The maximum Gasteiger partial charge on any atom is 0.340 e. The zero-order chi connectivity index (χ0) is 14.9. The van der Waals surface area contributed by atoms with Crippen LogP contribution in [-0.4, -0.2) is 37.4 Å². The van der Waals surface area contributed by atoms with Crippen molar-refractivity contribution in [3.05, 3.63) is 22.7 Å². The second-order valence-corrected chi connectivity index (χ2v) is 5.58. The van der Waals surface area contributed by atoms with Crippen LogP contribution in [0.15, 0.2) is 12.1 Å². The molecule has 0 amide bonds. The Morgan fingerprint density at radius 2 is 2.25 bits per heavy atom. The van der Waals surface area contributed by atoms with Gasteiger partial charge in [0.05, 0.1) is 29.5 Å². The van der Waals surface area contributed by atoms with E-state index in [1.165, 1.54) is 7.11 Å². The van der Waals surface area contributed by atoms with Gasteiger partial charge in [0.1, 0.15) is 0 Å². The predicted octanol–water partition coefficient (Wildman–Crippen LogP) is 1.92. The summed E-state index contributed by atoms with van der Waals surface area (Å²) in [5.74, 6) is -0.351. The molecule has 1 aliphatic heterocycles. The lowest BCUT2D eigenvalue weighted by Crippen LogP contribution is -2.42.